The summed E-state index contributed by atoms with van der Waals surface area (Å²) in [5.74, 6) is 0.346. The van der Waals surface area contributed by atoms with Crippen LogP contribution in [-0.2, 0) is 4.79 Å². The Morgan fingerprint density at radius 1 is 1.04 bits per heavy atom. The summed E-state index contributed by atoms with van der Waals surface area (Å²) < 4.78 is 11.3. The minimum atomic E-state index is -1.01. The number of hydrogen-bond donors (Lipinski definition) is 2. The predicted octanol–water partition coefficient (Wildman–Crippen LogP) is 4.91. The van der Waals surface area contributed by atoms with Crippen LogP contribution in [0.15, 0.2) is 30.3 Å². The van der Waals surface area contributed by atoms with Gasteiger partial charge in [0.15, 0.2) is 0 Å². The fourth-order valence-corrected chi connectivity index (χ4v) is 3.25. The van der Waals surface area contributed by atoms with Gasteiger partial charge >= 0.3 is 5.97 Å². The molecule has 0 aliphatic heterocycles. The number of nitrogens with one attached hydrogen (secondary N) is 1. The van der Waals surface area contributed by atoms with Crippen molar-refractivity contribution in [2.45, 2.75) is 33.7 Å². The molecular weight excluding hydrogens is 342 g/mol. The van der Waals surface area contributed by atoms with Gasteiger partial charge < -0.3 is 19.9 Å². The molecule has 0 heterocycles. The molecule has 5 heteroatoms. The van der Waals surface area contributed by atoms with Crippen LogP contribution >= 0.6 is 0 Å². The summed E-state index contributed by atoms with van der Waals surface area (Å²) in [5, 5.41) is 12.4. The highest BCUT2D eigenvalue weighted by Gasteiger charge is 2.21. The molecule has 2 N–H and O–H groups in total. The highest BCUT2D eigenvalue weighted by atomic mass is 16.5. The molecule has 0 saturated carbocycles. The van der Waals surface area contributed by atoms with Gasteiger partial charge in [0.05, 0.1) is 14.2 Å². The van der Waals surface area contributed by atoms with Crippen LogP contribution < -0.4 is 14.8 Å². The zero-order valence-corrected chi connectivity index (χ0v) is 16.7. The molecule has 5 nitrogen and oxygen atoms in total. The number of methoxy groups -OCH3 is 2. The van der Waals surface area contributed by atoms with Crippen molar-refractivity contribution in [3.8, 4) is 22.6 Å². The number of carboxylic acids is 1. The fourth-order valence-electron chi connectivity index (χ4n) is 3.25. The Bertz CT molecular complexity index is 852. The second-order valence-electron chi connectivity index (χ2n) is 6.65. The molecule has 0 aliphatic carbocycles. The van der Waals surface area contributed by atoms with Crippen LogP contribution in [0.4, 0.5) is 5.69 Å². The van der Waals surface area contributed by atoms with Crippen LogP contribution in [0.1, 0.15) is 30.5 Å². The molecular formula is C22H27NO4. The standard InChI is InChI=1S/C22H27NO4/c1-13(2)23-17-9-7-16(8-10-17)20-15(4)21(26-5)18(11-12-19(24)25)14(3)22(20)27-6/h7-13,23H,1-6H3,(H,24,25). The Labute approximate surface area is 160 Å². The van der Waals surface area contributed by atoms with Gasteiger partial charge in [0.25, 0.3) is 0 Å². The van der Waals surface area contributed by atoms with E-state index >= 15 is 0 Å². The SMILES string of the molecule is COc1c(C)c(-c2ccc(NC(C)C)cc2)c(OC)c(C)c1C=CC(=O)O. The van der Waals surface area contributed by atoms with Crippen molar-refractivity contribution in [3.63, 3.8) is 0 Å². The Morgan fingerprint density at radius 2 is 1.63 bits per heavy atom. The van der Waals surface area contributed by atoms with Gasteiger partial charge in [0, 0.05) is 40.1 Å². The average Bonchev–Trinajstić information content (AvgIpc) is 2.61. The molecule has 0 bridgehead atoms. The van der Waals surface area contributed by atoms with E-state index in [1.165, 1.54) is 0 Å². The highest BCUT2D eigenvalue weighted by Crippen LogP contribution is 2.44. The lowest BCUT2D eigenvalue weighted by Crippen LogP contribution is -2.09. The van der Waals surface area contributed by atoms with Gasteiger partial charge in [0.1, 0.15) is 11.5 Å². The van der Waals surface area contributed by atoms with Crippen LogP contribution in [0.2, 0.25) is 0 Å². The average molecular weight is 369 g/mol. The monoisotopic (exact) mass is 369 g/mol. The van der Waals surface area contributed by atoms with Crippen molar-refractivity contribution in [3.05, 3.63) is 47.0 Å². The summed E-state index contributed by atoms with van der Waals surface area (Å²) in [6, 6.07) is 8.51. The number of aliphatic carboxylic acids is 1. The van der Waals surface area contributed by atoms with E-state index in [0.717, 1.165) is 34.0 Å². The predicted molar refractivity (Wildman–Crippen MR) is 110 cm³/mol. The van der Waals surface area contributed by atoms with Crippen molar-refractivity contribution in [2.24, 2.45) is 0 Å². The summed E-state index contributed by atoms with van der Waals surface area (Å²) in [6.07, 6.45) is 2.65. The first kappa shape index (κ1) is 20.4. The van der Waals surface area contributed by atoms with E-state index in [1.54, 1.807) is 20.3 Å². The van der Waals surface area contributed by atoms with Crippen LogP contribution in [-0.4, -0.2) is 31.3 Å². The van der Waals surface area contributed by atoms with Gasteiger partial charge in [-0.25, -0.2) is 4.79 Å². The molecule has 144 valence electrons. The minimum absolute atomic E-state index is 0.356. The van der Waals surface area contributed by atoms with Crippen molar-refractivity contribution in [1.82, 2.24) is 0 Å². The lowest BCUT2D eigenvalue weighted by Gasteiger charge is -2.21. The van der Waals surface area contributed by atoms with E-state index in [1.807, 2.05) is 38.1 Å². The van der Waals surface area contributed by atoms with Gasteiger partial charge in [-0.3, -0.25) is 0 Å². The maximum absolute atomic E-state index is 11.0. The number of anilines is 1. The third-order valence-electron chi connectivity index (χ3n) is 4.36. The lowest BCUT2D eigenvalue weighted by atomic mass is 9.91. The van der Waals surface area contributed by atoms with Gasteiger partial charge in [-0.1, -0.05) is 12.1 Å². The lowest BCUT2D eigenvalue weighted by molar-refractivity contribution is -0.131. The first-order valence-electron chi connectivity index (χ1n) is 8.83. The molecule has 0 unspecified atom stereocenters. The van der Waals surface area contributed by atoms with E-state index in [0.29, 0.717) is 23.1 Å². The van der Waals surface area contributed by atoms with Crippen LogP contribution in [0.5, 0.6) is 11.5 Å². The van der Waals surface area contributed by atoms with Crippen LogP contribution in [0, 0.1) is 13.8 Å². The summed E-state index contributed by atoms with van der Waals surface area (Å²) in [7, 11) is 3.21. The molecule has 2 aromatic rings. The zero-order chi connectivity index (χ0) is 20.1. The van der Waals surface area contributed by atoms with Gasteiger partial charge in [0.2, 0.25) is 0 Å². The third-order valence-corrected chi connectivity index (χ3v) is 4.36. The third kappa shape index (κ3) is 4.42. The first-order chi connectivity index (χ1) is 12.8. The van der Waals surface area contributed by atoms with Gasteiger partial charge in [-0.2, -0.15) is 0 Å². The Kier molecular flexibility index (Phi) is 6.50. The van der Waals surface area contributed by atoms with Crippen molar-refractivity contribution >= 4 is 17.7 Å². The smallest absolute Gasteiger partial charge is 0.328 e. The van der Waals surface area contributed by atoms with E-state index in [4.69, 9.17) is 14.6 Å². The first-order valence-corrected chi connectivity index (χ1v) is 8.83. The Hall–Kier alpha value is -2.95. The molecule has 0 aliphatic rings. The number of benzene rings is 2. The maximum atomic E-state index is 11.0. The highest BCUT2D eigenvalue weighted by molar-refractivity contribution is 5.89. The molecule has 0 fully saturated rings. The topological polar surface area (TPSA) is 67.8 Å². The molecule has 0 atom stereocenters. The van der Waals surface area contributed by atoms with E-state index in [-0.39, 0.29) is 0 Å². The van der Waals surface area contributed by atoms with Crippen molar-refractivity contribution < 1.29 is 19.4 Å². The van der Waals surface area contributed by atoms with E-state index in [9.17, 15) is 4.79 Å². The quantitative estimate of drug-likeness (QED) is 0.679. The number of rotatable bonds is 7. The molecule has 0 amide bonds. The molecule has 0 saturated heterocycles. The minimum Gasteiger partial charge on any atom is -0.496 e. The largest absolute Gasteiger partial charge is 0.496 e. The van der Waals surface area contributed by atoms with Crippen LogP contribution in [0.3, 0.4) is 0 Å². The summed E-state index contributed by atoms with van der Waals surface area (Å²) in [4.78, 5) is 11.0. The summed E-state index contributed by atoms with van der Waals surface area (Å²) in [6.45, 7) is 8.05. The number of carboxylic acid groups (broad SMARTS) is 1. The molecule has 0 spiro atoms. The zero-order valence-electron chi connectivity index (χ0n) is 16.7. The van der Waals surface area contributed by atoms with Crippen molar-refractivity contribution in [2.75, 3.05) is 19.5 Å². The maximum Gasteiger partial charge on any atom is 0.328 e. The van der Waals surface area contributed by atoms with Gasteiger partial charge in [-0.15, -0.1) is 0 Å². The molecule has 2 aromatic carbocycles. The molecule has 2 rings (SSSR count). The molecule has 0 radical (unpaired) electrons. The number of hydrogen-bond acceptors (Lipinski definition) is 4. The fraction of sp³-hybridized carbons (Fsp3) is 0.318. The Balaban J connectivity index is 2.66. The van der Waals surface area contributed by atoms with E-state index < -0.39 is 5.97 Å². The Morgan fingerprint density at radius 3 is 2.11 bits per heavy atom. The molecule has 0 aromatic heterocycles. The second-order valence-corrected chi connectivity index (χ2v) is 6.65. The second kappa shape index (κ2) is 8.62. The van der Waals surface area contributed by atoms with E-state index in [2.05, 4.69) is 19.2 Å². The van der Waals surface area contributed by atoms with Crippen LogP contribution in [0.25, 0.3) is 17.2 Å². The summed E-state index contributed by atoms with van der Waals surface area (Å²) >= 11 is 0. The number of ether oxygens (including phenoxy) is 2. The number of carbonyl (C=O) groups is 1. The molecule has 27 heavy (non-hydrogen) atoms. The van der Waals surface area contributed by atoms with Gasteiger partial charge in [-0.05, 0) is 51.5 Å². The normalized spacial score (nSPS) is 11.1. The van der Waals surface area contributed by atoms with Crippen molar-refractivity contribution in [1.29, 1.82) is 0 Å². The summed E-state index contributed by atoms with van der Waals surface area (Å²) in [5.41, 5.74) is 5.43.